The van der Waals surface area contributed by atoms with Gasteiger partial charge in [0, 0.05) is 18.2 Å². The van der Waals surface area contributed by atoms with Crippen LogP contribution in [0.3, 0.4) is 0 Å². The molecule has 7 heteroatoms. The summed E-state index contributed by atoms with van der Waals surface area (Å²) in [5.74, 6) is -0.106. The molecule has 0 radical (unpaired) electrons. The minimum absolute atomic E-state index is 0.0248. The molecule has 0 saturated carbocycles. The van der Waals surface area contributed by atoms with Crippen LogP contribution in [0.15, 0.2) is 22.7 Å². The molecule has 0 saturated heterocycles. The van der Waals surface area contributed by atoms with Gasteiger partial charge < -0.3 is 10.6 Å². The molecule has 18 heavy (non-hydrogen) atoms. The van der Waals surface area contributed by atoms with E-state index >= 15 is 0 Å². The molecule has 0 aliphatic rings. The van der Waals surface area contributed by atoms with Gasteiger partial charge in [-0.05, 0) is 48.1 Å². The molecule has 0 spiro atoms. The molecule has 0 bridgehead atoms. The highest BCUT2D eigenvalue weighted by molar-refractivity contribution is 9.10. The van der Waals surface area contributed by atoms with Gasteiger partial charge >= 0.3 is 0 Å². The number of nitro groups is 1. The van der Waals surface area contributed by atoms with Crippen LogP contribution in [0.2, 0.25) is 0 Å². The fourth-order valence-electron chi connectivity index (χ4n) is 1.38. The summed E-state index contributed by atoms with van der Waals surface area (Å²) in [6.45, 7) is 0.775. The van der Waals surface area contributed by atoms with E-state index in [9.17, 15) is 14.9 Å². The normalized spacial score (nSPS) is 10.1. The first-order chi connectivity index (χ1) is 8.54. The predicted molar refractivity (Wildman–Crippen MR) is 72.6 cm³/mol. The van der Waals surface area contributed by atoms with Gasteiger partial charge in [0.1, 0.15) is 0 Å². The first kappa shape index (κ1) is 14.6. The lowest BCUT2D eigenvalue weighted by Gasteiger charge is -2.05. The van der Waals surface area contributed by atoms with Crippen molar-refractivity contribution in [3.05, 3.63) is 32.8 Å². The minimum Gasteiger partial charge on any atom is -0.326 e. The highest BCUT2D eigenvalue weighted by Crippen LogP contribution is 2.27. The molecule has 0 aliphatic heterocycles. The number of rotatable bonds is 6. The molecular weight excluding hydrogens is 302 g/mol. The molecule has 6 nitrogen and oxygen atoms in total. The summed E-state index contributed by atoms with van der Waals surface area (Å²) in [5, 5.41) is 16.3. The van der Waals surface area contributed by atoms with E-state index in [0.29, 0.717) is 16.6 Å². The topological polar surface area (TPSA) is 84.3 Å². The molecule has 1 amide bonds. The molecule has 0 fully saturated rings. The third-order valence-electron chi connectivity index (χ3n) is 2.26. The van der Waals surface area contributed by atoms with E-state index in [1.807, 2.05) is 7.05 Å². The summed E-state index contributed by atoms with van der Waals surface area (Å²) in [7, 11) is 1.82. The van der Waals surface area contributed by atoms with Gasteiger partial charge in [0.05, 0.1) is 9.40 Å². The van der Waals surface area contributed by atoms with Crippen molar-refractivity contribution in [3.63, 3.8) is 0 Å². The molecule has 2 N–H and O–H groups in total. The smallest absolute Gasteiger partial charge is 0.283 e. The predicted octanol–water partition coefficient (Wildman–Crippen LogP) is 2.30. The molecule has 0 atom stereocenters. The molecular formula is C11H14BrN3O3. The number of nitro benzene ring substituents is 1. The number of benzene rings is 1. The molecule has 0 aromatic heterocycles. The fraction of sp³-hybridized carbons (Fsp3) is 0.364. The summed E-state index contributed by atoms with van der Waals surface area (Å²) < 4.78 is 0.348. The number of nitrogens with one attached hydrogen (secondary N) is 2. The number of halogens is 1. The fourth-order valence-corrected chi connectivity index (χ4v) is 1.91. The van der Waals surface area contributed by atoms with Gasteiger partial charge in [0.2, 0.25) is 5.91 Å². The van der Waals surface area contributed by atoms with Crippen LogP contribution in [0, 0.1) is 10.1 Å². The largest absolute Gasteiger partial charge is 0.326 e. The van der Waals surface area contributed by atoms with Crippen LogP contribution in [-0.2, 0) is 4.79 Å². The molecule has 0 unspecified atom stereocenters. The van der Waals surface area contributed by atoms with Crippen molar-refractivity contribution in [3.8, 4) is 0 Å². The summed E-state index contributed by atoms with van der Waals surface area (Å²) >= 11 is 3.10. The Labute approximate surface area is 113 Å². The maximum absolute atomic E-state index is 11.5. The van der Waals surface area contributed by atoms with Crippen LogP contribution in [0.4, 0.5) is 11.4 Å². The Morgan fingerprint density at radius 3 is 2.78 bits per heavy atom. The van der Waals surface area contributed by atoms with E-state index in [4.69, 9.17) is 0 Å². The average Bonchev–Trinajstić information content (AvgIpc) is 2.28. The van der Waals surface area contributed by atoms with Crippen molar-refractivity contribution in [1.29, 1.82) is 0 Å². The quantitative estimate of drug-likeness (QED) is 0.479. The summed E-state index contributed by atoms with van der Waals surface area (Å²) in [6, 6.07) is 4.39. The number of hydrogen-bond donors (Lipinski definition) is 2. The van der Waals surface area contributed by atoms with Crippen LogP contribution in [0.5, 0.6) is 0 Å². The van der Waals surface area contributed by atoms with Crippen molar-refractivity contribution in [1.82, 2.24) is 5.32 Å². The van der Waals surface area contributed by atoms with Crippen LogP contribution in [0.25, 0.3) is 0 Å². The van der Waals surface area contributed by atoms with Gasteiger partial charge in [0.15, 0.2) is 0 Å². The number of amides is 1. The maximum Gasteiger partial charge on any atom is 0.283 e. The zero-order chi connectivity index (χ0) is 13.5. The van der Waals surface area contributed by atoms with Gasteiger partial charge in [-0.2, -0.15) is 0 Å². The Morgan fingerprint density at radius 2 is 2.22 bits per heavy atom. The van der Waals surface area contributed by atoms with Crippen molar-refractivity contribution in [2.45, 2.75) is 12.8 Å². The zero-order valence-corrected chi connectivity index (χ0v) is 11.5. The Kier molecular flexibility index (Phi) is 5.73. The van der Waals surface area contributed by atoms with Crippen LogP contribution in [-0.4, -0.2) is 24.4 Å². The van der Waals surface area contributed by atoms with Gasteiger partial charge in [0.25, 0.3) is 5.69 Å². The highest BCUT2D eigenvalue weighted by atomic mass is 79.9. The summed E-state index contributed by atoms with van der Waals surface area (Å²) in [5.41, 5.74) is 0.519. The van der Waals surface area contributed by atoms with Crippen molar-refractivity contribution in [2.24, 2.45) is 0 Å². The van der Waals surface area contributed by atoms with Crippen LogP contribution in [0.1, 0.15) is 12.8 Å². The maximum atomic E-state index is 11.5. The van der Waals surface area contributed by atoms with E-state index in [0.717, 1.165) is 13.0 Å². The molecule has 0 aliphatic carbocycles. The standard InChI is InChI=1S/C11H14BrN3O3/c1-13-6-2-3-11(16)14-8-4-5-10(15(17)18)9(12)7-8/h4-5,7,13H,2-3,6H2,1H3,(H,14,16). The second-order valence-electron chi connectivity index (χ2n) is 3.68. The van der Waals surface area contributed by atoms with Crippen molar-refractivity contribution >= 4 is 33.2 Å². The van der Waals surface area contributed by atoms with Crippen molar-refractivity contribution < 1.29 is 9.72 Å². The Morgan fingerprint density at radius 1 is 1.50 bits per heavy atom. The van der Waals surface area contributed by atoms with Gasteiger partial charge in [-0.3, -0.25) is 14.9 Å². The Bertz CT molecular complexity index is 451. The third-order valence-corrected chi connectivity index (χ3v) is 2.89. The van der Waals surface area contributed by atoms with Gasteiger partial charge in [-0.25, -0.2) is 0 Å². The lowest BCUT2D eigenvalue weighted by atomic mass is 10.2. The van der Waals surface area contributed by atoms with E-state index in [1.54, 1.807) is 0 Å². The zero-order valence-electron chi connectivity index (χ0n) is 9.90. The number of nitrogens with zero attached hydrogens (tertiary/aromatic N) is 1. The Hall–Kier alpha value is -1.47. The van der Waals surface area contributed by atoms with E-state index < -0.39 is 4.92 Å². The summed E-state index contributed by atoms with van der Waals surface area (Å²) in [6.07, 6.45) is 1.16. The number of carbonyl (C=O) groups is 1. The van der Waals surface area contributed by atoms with Gasteiger partial charge in [-0.15, -0.1) is 0 Å². The molecule has 98 valence electrons. The number of anilines is 1. The molecule has 1 aromatic rings. The second-order valence-corrected chi connectivity index (χ2v) is 4.53. The SMILES string of the molecule is CNCCCC(=O)Nc1ccc([N+](=O)[O-])c(Br)c1. The van der Waals surface area contributed by atoms with E-state index in [1.165, 1.54) is 18.2 Å². The Balaban J connectivity index is 2.60. The highest BCUT2D eigenvalue weighted by Gasteiger charge is 2.12. The van der Waals surface area contributed by atoms with E-state index in [2.05, 4.69) is 26.6 Å². The number of carbonyl (C=O) groups excluding carboxylic acids is 1. The van der Waals surface area contributed by atoms with Gasteiger partial charge in [-0.1, -0.05) is 0 Å². The summed E-state index contributed by atoms with van der Waals surface area (Å²) in [4.78, 5) is 21.7. The average molecular weight is 316 g/mol. The van der Waals surface area contributed by atoms with E-state index in [-0.39, 0.29) is 11.6 Å². The monoisotopic (exact) mass is 315 g/mol. The van der Waals surface area contributed by atoms with Crippen LogP contribution >= 0.6 is 15.9 Å². The molecule has 1 aromatic carbocycles. The second kappa shape index (κ2) is 7.07. The lowest BCUT2D eigenvalue weighted by Crippen LogP contribution is -2.15. The van der Waals surface area contributed by atoms with Crippen molar-refractivity contribution in [2.75, 3.05) is 18.9 Å². The molecule has 0 heterocycles. The molecule has 1 rings (SSSR count). The first-order valence-corrected chi connectivity index (χ1v) is 6.22. The third kappa shape index (κ3) is 4.42. The minimum atomic E-state index is -0.484. The lowest BCUT2D eigenvalue weighted by molar-refractivity contribution is -0.385. The number of hydrogen-bond acceptors (Lipinski definition) is 4. The van der Waals surface area contributed by atoms with Crippen LogP contribution < -0.4 is 10.6 Å². The first-order valence-electron chi connectivity index (χ1n) is 5.43.